The highest BCUT2D eigenvalue weighted by Gasteiger charge is 2.32. The number of hydrogen-bond acceptors (Lipinski definition) is 3. The van der Waals surface area contributed by atoms with Crippen LogP contribution in [-0.4, -0.2) is 35.7 Å². The lowest BCUT2D eigenvalue weighted by atomic mass is 9.94. The molecule has 5 heteroatoms. The van der Waals surface area contributed by atoms with Gasteiger partial charge in [-0.05, 0) is 51.2 Å². The van der Waals surface area contributed by atoms with Crippen LogP contribution >= 0.6 is 15.9 Å². The zero-order valence-corrected chi connectivity index (χ0v) is 15.1. The Hall–Kier alpha value is -1.07. The van der Waals surface area contributed by atoms with Gasteiger partial charge in [-0.15, -0.1) is 0 Å². The molecule has 122 valence electrons. The highest BCUT2D eigenvalue weighted by Crippen LogP contribution is 2.25. The smallest absolute Gasteiger partial charge is 0.410 e. The molecule has 1 saturated heterocycles. The molecule has 0 aromatic heterocycles. The second-order valence-electron chi connectivity index (χ2n) is 6.93. The molecule has 1 aromatic rings. The molecule has 0 bridgehead atoms. The Morgan fingerprint density at radius 1 is 1.45 bits per heavy atom. The minimum Gasteiger partial charge on any atom is -0.444 e. The third-order valence-corrected chi connectivity index (χ3v) is 4.67. The van der Waals surface area contributed by atoms with Gasteiger partial charge in [0.15, 0.2) is 0 Å². The molecule has 1 heterocycles. The molecule has 2 unspecified atom stereocenters. The summed E-state index contributed by atoms with van der Waals surface area (Å²) < 4.78 is 6.52. The molecular weight excluding hydrogens is 344 g/mol. The highest BCUT2D eigenvalue weighted by molar-refractivity contribution is 9.10. The molecule has 2 N–H and O–H groups in total. The van der Waals surface area contributed by atoms with Crippen LogP contribution in [0.15, 0.2) is 28.7 Å². The summed E-state index contributed by atoms with van der Waals surface area (Å²) >= 11 is 3.56. The van der Waals surface area contributed by atoms with Crippen LogP contribution in [0.3, 0.4) is 0 Å². The first-order valence-electron chi connectivity index (χ1n) is 7.73. The van der Waals surface area contributed by atoms with E-state index in [1.807, 2.05) is 39.0 Å². The molecule has 2 atom stereocenters. The van der Waals surface area contributed by atoms with E-state index in [-0.39, 0.29) is 12.1 Å². The van der Waals surface area contributed by atoms with Gasteiger partial charge in [0.2, 0.25) is 0 Å². The normalized spacial score (nSPS) is 20.0. The molecule has 22 heavy (non-hydrogen) atoms. The van der Waals surface area contributed by atoms with E-state index in [1.165, 1.54) is 5.56 Å². The van der Waals surface area contributed by atoms with Gasteiger partial charge >= 0.3 is 6.09 Å². The molecule has 1 aliphatic rings. The van der Waals surface area contributed by atoms with Crippen LogP contribution in [-0.2, 0) is 11.2 Å². The summed E-state index contributed by atoms with van der Waals surface area (Å²) in [5.41, 5.74) is 7.13. The number of rotatable bonds is 3. The Balaban J connectivity index is 1.90. The molecule has 0 spiro atoms. The van der Waals surface area contributed by atoms with Crippen molar-refractivity contribution in [2.24, 2.45) is 11.7 Å². The third-order valence-electron chi connectivity index (χ3n) is 3.90. The second kappa shape index (κ2) is 7.01. The summed E-state index contributed by atoms with van der Waals surface area (Å²) in [6.07, 6.45) is 1.52. The van der Waals surface area contributed by atoms with Gasteiger partial charge in [0, 0.05) is 23.6 Å². The van der Waals surface area contributed by atoms with Crippen LogP contribution in [0.2, 0.25) is 0 Å². The van der Waals surface area contributed by atoms with Crippen molar-refractivity contribution in [2.45, 2.75) is 45.3 Å². The van der Waals surface area contributed by atoms with Gasteiger partial charge in [0.1, 0.15) is 5.60 Å². The number of carbonyl (C=O) groups is 1. The van der Waals surface area contributed by atoms with Crippen LogP contribution in [0, 0.1) is 5.92 Å². The highest BCUT2D eigenvalue weighted by atomic mass is 79.9. The van der Waals surface area contributed by atoms with Gasteiger partial charge in [-0.3, -0.25) is 0 Å². The second-order valence-corrected chi connectivity index (χ2v) is 7.79. The average Bonchev–Trinajstić information content (AvgIpc) is 2.89. The number of carbonyl (C=O) groups excluding carboxylic acids is 1. The van der Waals surface area contributed by atoms with Crippen LogP contribution in [0.25, 0.3) is 0 Å². The molecule has 1 amide bonds. The number of amides is 1. The van der Waals surface area contributed by atoms with Gasteiger partial charge in [-0.25, -0.2) is 4.79 Å². The van der Waals surface area contributed by atoms with E-state index >= 15 is 0 Å². The van der Waals surface area contributed by atoms with E-state index < -0.39 is 5.60 Å². The molecule has 2 rings (SSSR count). The standard InChI is InChI=1S/C17H25BrN2O2/c1-17(2,3)22-16(21)20-9-8-13(11-20)15(19)10-12-6-4-5-7-14(12)18/h4-7,13,15H,8-11,19H2,1-3H3. The first kappa shape index (κ1) is 17.3. The zero-order chi connectivity index (χ0) is 16.3. The van der Waals surface area contributed by atoms with E-state index in [0.29, 0.717) is 12.5 Å². The molecule has 4 nitrogen and oxygen atoms in total. The first-order valence-corrected chi connectivity index (χ1v) is 8.52. The van der Waals surface area contributed by atoms with E-state index in [9.17, 15) is 4.79 Å². The number of nitrogens with zero attached hydrogens (tertiary/aromatic N) is 1. The van der Waals surface area contributed by atoms with Crippen molar-refractivity contribution in [1.29, 1.82) is 0 Å². The summed E-state index contributed by atoms with van der Waals surface area (Å²) in [5.74, 6) is 0.319. The Morgan fingerprint density at radius 3 is 2.77 bits per heavy atom. The summed E-state index contributed by atoms with van der Waals surface area (Å²) in [7, 11) is 0. The van der Waals surface area contributed by atoms with E-state index in [0.717, 1.165) is 23.9 Å². The van der Waals surface area contributed by atoms with Gasteiger partial charge < -0.3 is 15.4 Å². The van der Waals surface area contributed by atoms with E-state index in [4.69, 9.17) is 10.5 Å². The van der Waals surface area contributed by atoms with Crippen molar-refractivity contribution in [2.75, 3.05) is 13.1 Å². The van der Waals surface area contributed by atoms with Gasteiger partial charge in [-0.1, -0.05) is 34.1 Å². The fourth-order valence-corrected chi connectivity index (χ4v) is 3.16. The predicted octanol–water partition coefficient (Wildman–Crippen LogP) is 3.58. The number of hydrogen-bond donors (Lipinski definition) is 1. The van der Waals surface area contributed by atoms with Crippen molar-refractivity contribution in [3.05, 3.63) is 34.3 Å². The maximum absolute atomic E-state index is 12.1. The lowest BCUT2D eigenvalue weighted by molar-refractivity contribution is 0.0286. The Morgan fingerprint density at radius 2 is 2.14 bits per heavy atom. The first-order chi connectivity index (χ1) is 10.3. The Kier molecular flexibility index (Phi) is 5.50. The largest absolute Gasteiger partial charge is 0.444 e. The number of benzene rings is 1. The topological polar surface area (TPSA) is 55.6 Å². The van der Waals surface area contributed by atoms with Crippen molar-refractivity contribution >= 4 is 22.0 Å². The van der Waals surface area contributed by atoms with Gasteiger partial charge in [-0.2, -0.15) is 0 Å². The fraction of sp³-hybridized carbons (Fsp3) is 0.588. The molecule has 1 fully saturated rings. The van der Waals surface area contributed by atoms with Crippen molar-refractivity contribution in [3.8, 4) is 0 Å². The lowest BCUT2D eigenvalue weighted by Crippen LogP contribution is -2.38. The predicted molar refractivity (Wildman–Crippen MR) is 91.7 cm³/mol. The minimum absolute atomic E-state index is 0.0473. The van der Waals surface area contributed by atoms with Crippen molar-refractivity contribution in [1.82, 2.24) is 4.90 Å². The van der Waals surface area contributed by atoms with Crippen LogP contribution < -0.4 is 5.73 Å². The van der Waals surface area contributed by atoms with E-state index in [2.05, 4.69) is 22.0 Å². The quantitative estimate of drug-likeness (QED) is 0.886. The lowest BCUT2D eigenvalue weighted by Gasteiger charge is -2.25. The third kappa shape index (κ3) is 4.71. The molecular formula is C17H25BrN2O2. The minimum atomic E-state index is -0.452. The molecule has 0 aliphatic carbocycles. The zero-order valence-electron chi connectivity index (χ0n) is 13.5. The molecule has 1 aliphatic heterocycles. The Labute approximate surface area is 141 Å². The monoisotopic (exact) mass is 368 g/mol. The van der Waals surface area contributed by atoms with Crippen LogP contribution in [0.4, 0.5) is 4.79 Å². The number of ether oxygens (including phenoxy) is 1. The van der Waals surface area contributed by atoms with Crippen LogP contribution in [0.5, 0.6) is 0 Å². The van der Waals surface area contributed by atoms with Crippen LogP contribution in [0.1, 0.15) is 32.8 Å². The molecule has 1 aromatic carbocycles. The maximum Gasteiger partial charge on any atom is 0.410 e. The summed E-state index contributed by atoms with van der Waals surface area (Å²) in [6, 6.07) is 8.19. The fourth-order valence-electron chi connectivity index (χ4n) is 2.71. The Bertz CT molecular complexity index is 528. The van der Waals surface area contributed by atoms with E-state index in [1.54, 1.807) is 4.90 Å². The van der Waals surface area contributed by atoms with Crippen molar-refractivity contribution in [3.63, 3.8) is 0 Å². The summed E-state index contributed by atoms with van der Waals surface area (Å²) in [6.45, 7) is 7.06. The molecule has 0 radical (unpaired) electrons. The summed E-state index contributed by atoms with van der Waals surface area (Å²) in [4.78, 5) is 13.9. The average molecular weight is 369 g/mol. The SMILES string of the molecule is CC(C)(C)OC(=O)N1CCC(C(N)Cc2ccccc2Br)C1. The summed E-state index contributed by atoms with van der Waals surface area (Å²) in [5, 5.41) is 0. The number of nitrogens with two attached hydrogens (primary N) is 1. The number of likely N-dealkylation sites (tertiary alicyclic amines) is 1. The molecule has 0 saturated carbocycles. The van der Waals surface area contributed by atoms with Crippen molar-refractivity contribution < 1.29 is 9.53 Å². The van der Waals surface area contributed by atoms with Gasteiger partial charge in [0.25, 0.3) is 0 Å². The van der Waals surface area contributed by atoms with Gasteiger partial charge in [0.05, 0.1) is 0 Å². The number of halogens is 1. The maximum atomic E-state index is 12.1.